The Morgan fingerprint density at radius 3 is 2.94 bits per heavy atom. The van der Waals surface area contributed by atoms with Crippen LogP contribution in [0.5, 0.6) is 0 Å². The lowest BCUT2D eigenvalue weighted by Gasteiger charge is -2.12. The largest absolute Gasteiger partial charge is 0.469 e. The first-order valence-corrected chi connectivity index (χ1v) is 6.33. The number of ether oxygens (including phenoxy) is 1. The molecule has 0 unspecified atom stereocenters. The molecule has 1 heterocycles. The fourth-order valence-electron chi connectivity index (χ4n) is 1.59. The molecule has 0 amide bonds. The van der Waals surface area contributed by atoms with Gasteiger partial charge in [0.05, 0.1) is 18.6 Å². The number of hydrogen-bond donors (Lipinski definition) is 0. The van der Waals surface area contributed by atoms with E-state index in [0.717, 1.165) is 23.6 Å². The van der Waals surface area contributed by atoms with Crippen molar-refractivity contribution in [3.8, 4) is 0 Å². The van der Waals surface area contributed by atoms with Crippen LogP contribution in [0.2, 0.25) is 0 Å². The Bertz CT molecular complexity index is 363. The monoisotopic (exact) mass is 237 g/mol. The molecular formula is C12H15NO2S. The summed E-state index contributed by atoms with van der Waals surface area (Å²) in [4.78, 5) is 15.5. The highest BCUT2D eigenvalue weighted by molar-refractivity contribution is 7.99. The number of esters is 1. The van der Waals surface area contributed by atoms with Crippen LogP contribution in [-0.2, 0) is 9.53 Å². The van der Waals surface area contributed by atoms with Crippen molar-refractivity contribution in [1.29, 1.82) is 0 Å². The molecule has 3 nitrogen and oxygen atoms in total. The summed E-state index contributed by atoms with van der Waals surface area (Å²) in [6.07, 6.45) is 4.59. The third-order valence-corrected chi connectivity index (χ3v) is 4.16. The van der Waals surface area contributed by atoms with Crippen molar-refractivity contribution in [3.05, 3.63) is 24.4 Å². The van der Waals surface area contributed by atoms with Crippen molar-refractivity contribution in [2.45, 2.75) is 24.3 Å². The molecule has 0 aliphatic heterocycles. The van der Waals surface area contributed by atoms with Gasteiger partial charge in [0.25, 0.3) is 0 Å². The Kier molecular flexibility index (Phi) is 3.49. The van der Waals surface area contributed by atoms with Crippen LogP contribution >= 0.6 is 11.8 Å². The normalized spacial score (nSPS) is 16.8. The van der Waals surface area contributed by atoms with Gasteiger partial charge in [-0.25, -0.2) is 4.98 Å². The van der Waals surface area contributed by atoms with Crippen LogP contribution < -0.4 is 0 Å². The summed E-state index contributed by atoms with van der Waals surface area (Å²) in [7, 11) is 1.45. The summed E-state index contributed by atoms with van der Waals surface area (Å²) in [5.74, 6) is 0.859. The van der Waals surface area contributed by atoms with Crippen molar-refractivity contribution >= 4 is 17.7 Å². The van der Waals surface area contributed by atoms with E-state index in [1.807, 2.05) is 18.2 Å². The van der Waals surface area contributed by atoms with Gasteiger partial charge in [-0.05, 0) is 30.4 Å². The first-order chi connectivity index (χ1) is 7.74. The van der Waals surface area contributed by atoms with E-state index in [-0.39, 0.29) is 11.4 Å². The fraction of sp³-hybridized carbons (Fsp3) is 0.500. The third kappa shape index (κ3) is 2.98. The predicted molar refractivity (Wildman–Crippen MR) is 63.3 cm³/mol. The van der Waals surface area contributed by atoms with Gasteiger partial charge >= 0.3 is 5.97 Å². The van der Waals surface area contributed by atoms with E-state index < -0.39 is 0 Å². The molecular weight excluding hydrogens is 222 g/mol. The molecule has 0 saturated heterocycles. The van der Waals surface area contributed by atoms with Gasteiger partial charge in [-0.2, -0.15) is 0 Å². The molecule has 16 heavy (non-hydrogen) atoms. The SMILES string of the molecule is COC(=O)CC1(CSc2ccccn2)CC1. The molecule has 1 aromatic rings. The quantitative estimate of drug-likeness (QED) is 0.582. The van der Waals surface area contributed by atoms with E-state index in [9.17, 15) is 4.79 Å². The molecule has 1 aliphatic carbocycles. The molecule has 0 bridgehead atoms. The standard InChI is InChI=1S/C12H15NO2S/c1-15-11(14)8-12(5-6-12)9-16-10-4-2-3-7-13-10/h2-4,7H,5-6,8-9H2,1H3. The van der Waals surface area contributed by atoms with Gasteiger partial charge in [0.2, 0.25) is 0 Å². The second-order valence-corrected chi connectivity index (χ2v) is 5.21. The average molecular weight is 237 g/mol. The first-order valence-electron chi connectivity index (χ1n) is 5.35. The van der Waals surface area contributed by atoms with Crippen LogP contribution in [0.15, 0.2) is 29.4 Å². The molecule has 0 aromatic carbocycles. The van der Waals surface area contributed by atoms with Crippen molar-refractivity contribution in [2.24, 2.45) is 5.41 Å². The molecule has 1 fully saturated rings. The number of thioether (sulfide) groups is 1. The number of methoxy groups -OCH3 is 1. The van der Waals surface area contributed by atoms with Gasteiger partial charge in [-0.1, -0.05) is 6.07 Å². The highest BCUT2D eigenvalue weighted by atomic mass is 32.2. The van der Waals surface area contributed by atoms with Crippen LogP contribution in [-0.4, -0.2) is 23.8 Å². The molecule has 0 spiro atoms. The van der Waals surface area contributed by atoms with E-state index in [0.29, 0.717) is 6.42 Å². The van der Waals surface area contributed by atoms with E-state index in [1.165, 1.54) is 7.11 Å². The van der Waals surface area contributed by atoms with Gasteiger partial charge in [0, 0.05) is 11.9 Å². The summed E-state index contributed by atoms with van der Waals surface area (Å²) in [5.41, 5.74) is 0.176. The maximum absolute atomic E-state index is 11.2. The molecule has 86 valence electrons. The number of carbonyl (C=O) groups excluding carboxylic acids is 1. The number of nitrogens with zero attached hydrogens (tertiary/aromatic N) is 1. The van der Waals surface area contributed by atoms with Crippen LogP contribution in [0, 0.1) is 5.41 Å². The highest BCUT2D eigenvalue weighted by Crippen LogP contribution is 2.51. The van der Waals surface area contributed by atoms with Gasteiger partial charge in [-0.3, -0.25) is 4.79 Å². The maximum Gasteiger partial charge on any atom is 0.306 e. The predicted octanol–water partition coefficient (Wildman–Crippen LogP) is 2.52. The fourth-order valence-corrected chi connectivity index (χ4v) is 2.74. The Balaban J connectivity index is 1.84. The summed E-state index contributed by atoms with van der Waals surface area (Å²) in [6, 6.07) is 5.89. The van der Waals surface area contributed by atoms with Gasteiger partial charge in [0.15, 0.2) is 0 Å². The molecule has 0 N–H and O–H groups in total. The second kappa shape index (κ2) is 4.87. The van der Waals surface area contributed by atoms with Crippen molar-refractivity contribution in [2.75, 3.05) is 12.9 Å². The van der Waals surface area contributed by atoms with Gasteiger partial charge < -0.3 is 4.74 Å². The zero-order chi connectivity index (χ0) is 11.4. The summed E-state index contributed by atoms with van der Waals surface area (Å²) >= 11 is 1.72. The molecule has 0 radical (unpaired) electrons. The zero-order valence-electron chi connectivity index (χ0n) is 9.31. The summed E-state index contributed by atoms with van der Waals surface area (Å²) < 4.78 is 4.71. The Morgan fingerprint density at radius 1 is 1.56 bits per heavy atom. The maximum atomic E-state index is 11.2. The van der Waals surface area contributed by atoms with E-state index in [4.69, 9.17) is 4.74 Å². The highest BCUT2D eigenvalue weighted by Gasteiger charge is 2.44. The lowest BCUT2D eigenvalue weighted by molar-refractivity contribution is -0.141. The van der Waals surface area contributed by atoms with Crippen LogP contribution in [0.25, 0.3) is 0 Å². The molecule has 0 atom stereocenters. The van der Waals surface area contributed by atoms with E-state index in [1.54, 1.807) is 18.0 Å². The lowest BCUT2D eigenvalue weighted by Crippen LogP contribution is -2.13. The van der Waals surface area contributed by atoms with Crippen molar-refractivity contribution in [1.82, 2.24) is 4.98 Å². The van der Waals surface area contributed by atoms with Crippen molar-refractivity contribution < 1.29 is 9.53 Å². The zero-order valence-corrected chi connectivity index (χ0v) is 10.1. The van der Waals surface area contributed by atoms with Crippen LogP contribution in [0.4, 0.5) is 0 Å². The topological polar surface area (TPSA) is 39.2 Å². The van der Waals surface area contributed by atoms with Gasteiger partial charge in [0.1, 0.15) is 0 Å². The molecule has 1 aromatic heterocycles. The summed E-state index contributed by atoms with van der Waals surface area (Å²) in [5, 5.41) is 1.03. The molecule has 4 heteroatoms. The number of hydrogen-bond acceptors (Lipinski definition) is 4. The molecule has 1 saturated carbocycles. The lowest BCUT2D eigenvalue weighted by atomic mass is 10.1. The first kappa shape index (κ1) is 11.5. The minimum atomic E-state index is -0.0980. The third-order valence-electron chi connectivity index (χ3n) is 2.87. The Labute approximate surface area is 99.6 Å². The Hall–Kier alpha value is -1.03. The minimum absolute atomic E-state index is 0.0980. The van der Waals surface area contributed by atoms with Crippen molar-refractivity contribution in [3.63, 3.8) is 0 Å². The Morgan fingerprint density at radius 2 is 2.38 bits per heavy atom. The second-order valence-electron chi connectivity index (χ2n) is 4.21. The smallest absolute Gasteiger partial charge is 0.306 e. The van der Waals surface area contributed by atoms with E-state index >= 15 is 0 Å². The minimum Gasteiger partial charge on any atom is -0.469 e. The number of rotatable bonds is 5. The number of pyridine rings is 1. The van der Waals surface area contributed by atoms with Crippen LogP contribution in [0.3, 0.4) is 0 Å². The van der Waals surface area contributed by atoms with Gasteiger partial charge in [-0.15, -0.1) is 11.8 Å². The number of carbonyl (C=O) groups is 1. The average Bonchev–Trinajstić information content (AvgIpc) is 3.08. The van der Waals surface area contributed by atoms with Crippen LogP contribution in [0.1, 0.15) is 19.3 Å². The summed E-state index contributed by atoms with van der Waals surface area (Å²) in [6.45, 7) is 0. The van der Waals surface area contributed by atoms with E-state index in [2.05, 4.69) is 4.98 Å². The molecule has 1 aliphatic rings. The number of aromatic nitrogens is 1. The molecule has 2 rings (SSSR count).